The minimum atomic E-state index is -0.663. The number of benzene rings is 1. The normalized spacial score (nSPS) is 31.6. The summed E-state index contributed by atoms with van der Waals surface area (Å²) in [6.45, 7) is 0.657. The summed E-state index contributed by atoms with van der Waals surface area (Å²) in [5, 5.41) is 26.8. The Morgan fingerprint density at radius 2 is 2.17 bits per heavy atom. The predicted octanol–water partition coefficient (Wildman–Crippen LogP) is 0.201. The molecule has 0 unspecified atom stereocenters. The van der Waals surface area contributed by atoms with Crippen molar-refractivity contribution in [3.63, 3.8) is 0 Å². The van der Waals surface area contributed by atoms with Gasteiger partial charge in [0.25, 0.3) is 5.91 Å². The first-order chi connectivity index (χ1) is 11.6. The number of nitrogen functional groups attached to an aromatic ring is 1. The maximum Gasteiger partial charge on any atom is 0.272 e. The third kappa shape index (κ3) is 2.05. The number of hydrogen-bond acceptors (Lipinski definition) is 5. The molecule has 7 nitrogen and oxygen atoms in total. The van der Waals surface area contributed by atoms with Crippen LogP contribution in [-0.4, -0.2) is 57.0 Å². The number of H-pyrrole nitrogens is 1. The molecule has 4 atom stereocenters. The van der Waals surface area contributed by atoms with Crippen LogP contribution in [0.3, 0.4) is 0 Å². The third-order valence-electron chi connectivity index (χ3n) is 5.51. The van der Waals surface area contributed by atoms with Gasteiger partial charge in [0.2, 0.25) is 0 Å². The summed E-state index contributed by atoms with van der Waals surface area (Å²) in [5.41, 5.74) is 6.49. The number of aliphatic hydroxyl groups is 2. The van der Waals surface area contributed by atoms with Gasteiger partial charge < -0.3 is 20.8 Å². The zero-order valence-electron chi connectivity index (χ0n) is 13.1. The van der Waals surface area contributed by atoms with Gasteiger partial charge in [-0.1, -0.05) is 30.3 Å². The van der Waals surface area contributed by atoms with E-state index in [0.717, 1.165) is 5.56 Å². The molecule has 2 aliphatic rings. The molecule has 4 rings (SSSR count). The summed E-state index contributed by atoms with van der Waals surface area (Å²) in [6.07, 6.45) is -0.663. The fourth-order valence-corrected chi connectivity index (χ4v) is 4.34. The lowest BCUT2D eigenvalue weighted by Gasteiger charge is -2.16. The average Bonchev–Trinajstić information content (AvgIpc) is 2.83. The summed E-state index contributed by atoms with van der Waals surface area (Å²) in [5.74, 6) is 0.0445. The van der Waals surface area contributed by atoms with Crippen molar-refractivity contribution in [3.05, 3.63) is 47.7 Å². The molecule has 1 aliphatic heterocycles. The van der Waals surface area contributed by atoms with Crippen molar-refractivity contribution in [2.24, 2.45) is 11.3 Å². The molecule has 1 saturated heterocycles. The summed E-state index contributed by atoms with van der Waals surface area (Å²) < 4.78 is 0. The summed E-state index contributed by atoms with van der Waals surface area (Å²) >= 11 is 0. The van der Waals surface area contributed by atoms with Crippen LogP contribution in [0.1, 0.15) is 22.0 Å². The van der Waals surface area contributed by atoms with Crippen LogP contribution >= 0.6 is 0 Å². The zero-order chi connectivity index (χ0) is 16.9. The first-order valence-electron chi connectivity index (χ1n) is 8.02. The summed E-state index contributed by atoms with van der Waals surface area (Å²) in [6, 6.07) is 11.4. The van der Waals surface area contributed by atoms with Crippen LogP contribution in [0.4, 0.5) is 5.82 Å². The molecule has 1 aromatic heterocycles. The second-order valence-corrected chi connectivity index (χ2v) is 6.70. The Bertz CT molecular complexity index is 762. The monoisotopic (exact) mass is 328 g/mol. The average molecular weight is 328 g/mol. The Balaban J connectivity index is 1.60. The lowest BCUT2D eigenvalue weighted by molar-refractivity contribution is 0.0758. The van der Waals surface area contributed by atoms with Crippen LogP contribution in [0.15, 0.2) is 36.4 Å². The summed E-state index contributed by atoms with van der Waals surface area (Å²) in [4.78, 5) is 14.2. The number of carbonyl (C=O) groups is 1. The van der Waals surface area contributed by atoms with Gasteiger partial charge >= 0.3 is 0 Å². The van der Waals surface area contributed by atoms with E-state index >= 15 is 0 Å². The Kier molecular flexibility index (Phi) is 3.36. The number of hydrogen-bond donors (Lipinski definition) is 4. The number of nitrogens with two attached hydrogens (primary N) is 1. The maximum atomic E-state index is 12.6. The van der Waals surface area contributed by atoms with E-state index in [1.807, 2.05) is 30.3 Å². The number of nitrogens with one attached hydrogen (secondary N) is 1. The summed E-state index contributed by atoms with van der Waals surface area (Å²) in [7, 11) is 0. The van der Waals surface area contributed by atoms with E-state index in [4.69, 9.17) is 5.73 Å². The molecule has 0 radical (unpaired) electrons. The molecular weight excluding hydrogens is 308 g/mol. The lowest BCUT2D eigenvalue weighted by Crippen LogP contribution is -2.30. The van der Waals surface area contributed by atoms with E-state index in [9.17, 15) is 15.0 Å². The number of aromatic amines is 1. The van der Waals surface area contributed by atoms with Crippen LogP contribution in [0.5, 0.6) is 0 Å². The van der Waals surface area contributed by atoms with Crippen molar-refractivity contribution in [1.82, 2.24) is 15.1 Å². The molecule has 5 N–H and O–H groups in total. The molecule has 126 valence electrons. The largest absolute Gasteiger partial charge is 0.396 e. The molecule has 2 aromatic rings. The highest BCUT2D eigenvalue weighted by molar-refractivity contribution is 5.93. The molecule has 2 fully saturated rings. The van der Waals surface area contributed by atoms with E-state index in [2.05, 4.69) is 10.2 Å². The second-order valence-electron chi connectivity index (χ2n) is 6.70. The van der Waals surface area contributed by atoms with E-state index in [0.29, 0.717) is 12.2 Å². The molecule has 1 saturated carbocycles. The Morgan fingerprint density at radius 1 is 1.42 bits per heavy atom. The van der Waals surface area contributed by atoms with Gasteiger partial charge in [0.05, 0.1) is 6.10 Å². The molecule has 24 heavy (non-hydrogen) atoms. The number of likely N-dealkylation sites (tertiary alicyclic amines) is 1. The number of rotatable bonds is 3. The topological polar surface area (TPSA) is 115 Å². The fourth-order valence-electron chi connectivity index (χ4n) is 4.34. The van der Waals surface area contributed by atoms with Crippen LogP contribution in [-0.2, 0) is 0 Å². The molecule has 1 aliphatic carbocycles. The van der Waals surface area contributed by atoms with Gasteiger partial charge in [-0.15, -0.1) is 0 Å². The highest BCUT2D eigenvalue weighted by Gasteiger charge is 2.71. The van der Waals surface area contributed by atoms with Crippen molar-refractivity contribution in [3.8, 4) is 0 Å². The second kappa shape index (κ2) is 5.32. The quantitative estimate of drug-likeness (QED) is 0.642. The SMILES string of the molecule is Nc1cc(C(=O)N2C[C@@H](O)[C@@]3(C2)[C@H](CO)[C@H]3c2ccccc2)[nH]n1. The molecule has 7 heteroatoms. The molecular formula is C17H20N4O3. The lowest BCUT2D eigenvalue weighted by atomic mass is 9.95. The van der Waals surface area contributed by atoms with Gasteiger partial charge in [0, 0.05) is 31.2 Å². The van der Waals surface area contributed by atoms with E-state index in [1.165, 1.54) is 6.07 Å². The number of β-amino-alcohol motifs (C(OH)–C–C–N with tert-alkyl or cyclic N) is 1. The molecule has 2 heterocycles. The highest BCUT2D eigenvalue weighted by atomic mass is 16.3. The van der Waals surface area contributed by atoms with Gasteiger partial charge in [-0.25, -0.2) is 0 Å². The number of anilines is 1. The van der Waals surface area contributed by atoms with Crippen LogP contribution < -0.4 is 5.73 Å². The van der Waals surface area contributed by atoms with Crippen LogP contribution in [0.25, 0.3) is 0 Å². The molecule has 1 amide bonds. The first-order valence-corrected chi connectivity index (χ1v) is 8.02. The van der Waals surface area contributed by atoms with Crippen LogP contribution in [0, 0.1) is 11.3 Å². The minimum absolute atomic E-state index is 0.00431. The van der Waals surface area contributed by atoms with Crippen molar-refractivity contribution < 1.29 is 15.0 Å². The van der Waals surface area contributed by atoms with Gasteiger partial charge in [-0.05, 0) is 17.4 Å². The third-order valence-corrected chi connectivity index (χ3v) is 5.51. The van der Waals surface area contributed by atoms with Crippen molar-refractivity contribution in [2.75, 3.05) is 25.4 Å². The molecule has 1 aromatic carbocycles. The smallest absolute Gasteiger partial charge is 0.272 e. The van der Waals surface area contributed by atoms with E-state index in [-0.39, 0.29) is 36.7 Å². The first kappa shape index (κ1) is 15.2. The fraction of sp³-hybridized carbons (Fsp3) is 0.412. The Hall–Kier alpha value is -2.38. The Labute approximate surface area is 139 Å². The number of aliphatic hydroxyl groups excluding tert-OH is 2. The van der Waals surface area contributed by atoms with Gasteiger partial charge in [-0.3, -0.25) is 9.89 Å². The minimum Gasteiger partial charge on any atom is -0.396 e. The number of carbonyl (C=O) groups excluding carboxylic acids is 1. The van der Waals surface area contributed by atoms with Crippen molar-refractivity contribution in [1.29, 1.82) is 0 Å². The van der Waals surface area contributed by atoms with E-state index < -0.39 is 11.5 Å². The standard InChI is InChI=1S/C17H20N4O3/c18-14-6-12(19-20-14)16(24)21-7-13(23)17(9-21)11(8-22)15(17)10-4-2-1-3-5-10/h1-6,11,13,15,22-23H,7-9H2,(H3,18,19,20)/t11-,13-,15-,17-/m1/s1. The van der Waals surface area contributed by atoms with Gasteiger partial charge in [0.15, 0.2) is 0 Å². The Morgan fingerprint density at radius 3 is 2.79 bits per heavy atom. The van der Waals surface area contributed by atoms with E-state index in [1.54, 1.807) is 4.90 Å². The van der Waals surface area contributed by atoms with Gasteiger partial charge in [0.1, 0.15) is 11.5 Å². The number of amides is 1. The van der Waals surface area contributed by atoms with Crippen LogP contribution in [0.2, 0.25) is 0 Å². The van der Waals surface area contributed by atoms with Crippen molar-refractivity contribution in [2.45, 2.75) is 12.0 Å². The number of aromatic nitrogens is 2. The zero-order valence-corrected chi connectivity index (χ0v) is 13.1. The highest BCUT2D eigenvalue weighted by Crippen LogP contribution is 2.68. The molecule has 0 bridgehead atoms. The van der Waals surface area contributed by atoms with Gasteiger partial charge in [-0.2, -0.15) is 5.10 Å². The predicted molar refractivity (Wildman–Crippen MR) is 87.1 cm³/mol. The molecule has 1 spiro atoms. The van der Waals surface area contributed by atoms with Crippen molar-refractivity contribution >= 4 is 11.7 Å². The number of nitrogens with zero attached hydrogens (tertiary/aromatic N) is 2. The maximum absolute atomic E-state index is 12.6.